The quantitative estimate of drug-likeness (QED) is 0.815. The number of aromatic amines is 1. The van der Waals surface area contributed by atoms with Crippen molar-refractivity contribution in [3.05, 3.63) is 28.6 Å². The first-order valence-electron chi connectivity index (χ1n) is 7.65. The summed E-state index contributed by atoms with van der Waals surface area (Å²) in [6.45, 7) is 11.6. The predicted octanol–water partition coefficient (Wildman–Crippen LogP) is 3.35. The fourth-order valence-electron chi connectivity index (χ4n) is 2.06. The number of carbonyl (C=O) groups is 2. The number of H-pyrrole nitrogens is 1. The van der Waals surface area contributed by atoms with E-state index in [2.05, 4.69) is 10.3 Å². The van der Waals surface area contributed by atoms with Crippen LogP contribution in [0, 0.1) is 13.8 Å². The summed E-state index contributed by atoms with van der Waals surface area (Å²) < 4.78 is 10.2. The van der Waals surface area contributed by atoms with Gasteiger partial charge in [-0.15, -0.1) is 0 Å². The summed E-state index contributed by atoms with van der Waals surface area (Å²) in [6.07, 6.45) is 3.21. The predicted molar refractivity (Wildman–Crippen MR) is 89.5 cm³/mol. The van der Waals surface area contributed by atoms with Crippen molar-refractivity contribution in [1.29, 1.82) is 0 Å². The molecule has 128 valence electrons. The molecule has 1 rings (SSSR count). The van der Waals surface area contributed by atoms with Gasteiger partial charge in [0.05, 0.1) is 6.61 Å². The Morgan fingerprint density at radius 2 is 1.91 bits per heavy atom. The average Bonchev–Trinajstić information content (AvgIpc) is 2.69. The van der Waals surface area contributed by atoms with Crippen molar-refractivity contribution >= 4 is 18.1 Å². The molecule has 0 fully saturated rings. The number of esters is 1. The molecular formula is C17H26N2O4. The van der Waals surface area contributed by atoms with E-state index in [0.717, 1.165) is 16.8 Å². The molecule has 0 aliphatic heterocycles. The van der Waals surface area contributed by atoms with E-state index < -0.39 is 11.7 Å². The Bertz CT molecular complexity index is 594. The van der Waals surface area contributed by atoms with Crippen molar-refractivity contribution in [3.8, 4) is 0 Å². The molecule has 0 unspecified atom stereocenters. The SMILES string of the molecule is CCOC(=O)c1[nH]c(C)c(C=CCNC(=O)OC(C)(C)C)c1C. The zero-order chi connectivity index (χ0) is 17.6. The molecule has 0 aromatic carbocycles. The molecule has 0 atom stereocenters. The lowest BCUT2D eigenvalue weighted by Crippen LogP contribution is -2.32. The number of rotatable bonds is 5. The standard InChI is InChI=1S/C17H26N2O4/c1-7-22-15(20)14-11(2)13(12(3)19-14)9-8-10-18-16(21)23-17(4,5)6/h8-9,19H,7,10H2,1-6H3,(H,18,21). The van der Waals surface area contributed by atoms with Gasteiger partial charge in [-0.2, -0.15) is 0 Å². The molecule has 0 radical (unpaired) electrons. The second kappa shape index (κ2) is 7.85. The maximum absolute atomic E-state index is 11.8. The fraction of sp³-hybridized carbons (Fsp3) is 0.529. The van der Waals surface area contributed by atoms with E-state index in [1.807, 2.05) is 46.8 Å². The zero-order valence-corrected chi connectivity index (χ0v) is 14.7. The van der Waals surface area contributed by atoms with E-state index in [1.54, 1.807) is 6.92 Å². The second-order valence-electron chi connectivity index (χ2n) is 6.17. The third-order valence-electron chi connectivity index (χ3n) is 3.02. The maximum atomic E-state index is 11.8. The van der Waals surface area contributed by atoms with Crippen LogP contribution in [0.15, 0.2) is 6.08 Å². The van der Waals surface area contributed by atoms with E-state index in [1.165, 1.54) is 0 Å². The Balaban J connectivity index is 2.67. The number of hydrogen-bond donors (Lipinski definition) is 2. The molecule has 0 spiro atoms. The highest BCUT2D eigenvalue weighted by Crippen LogP contribution is 2.20. The van der Waals surface area contributed by atoms with Crippen LogP contribution in [0.3, 0.4) is 0 Å². The molecule has 0 saturated heterocycles. The Hall–Kier alpha value is -2.24. The summed E-state index contributed by atoms with van der Waals surface area (Å²) in [5.41, 5.74) is 2.56. The number of aryl methyl sites for hydroxylation is 1. The van der Waals surface area contributed by atoms with E-state index in [9.17, 15) is 9.59 Å². The summed E-state index contributed by atoms with van der Waals surface area (Å²) in [4.78, 5) is 26.4. The van der Waals surface area contributed by atoms with Gasteiger partial charge in [0.25, 0.3) is 0 Å². The smallest absolute Gasteiger partial charge is 0.407 e. The highest BCUT2D eigenvalue weighted by molar-refractivity contribution is 5.90. The van der Waals surface area contributed by atoms with Crippen LogP contribution in [-0.4, -0.2) is 35.8 Å². The van der Waals surface area contributed by atoms with Crippen molar-refractivity contribution in [2.24, 2.45) is 0 Å². The molecule has 1 amide bonds. The van der Waals surface area contributed by atoms with Crippen molar-refractivity contribution in [3.63, 3.8) is 0 Å². The largest absolute Gasteiger partial charge is 0.461 e. The van der Waals surface area contributed by atoms with E-state index in [0.29, 0.717) is 18.8 Å². The first-order chi connectivity index (χ1) is 10.7. The minimum atomic E-state index is -0.518. The summed E-state index contributed by atoms with van der Waals surface area (Å²) in [7, 11) is 0. The number of alkyl carbamates (subject to hydrolysis) is 1. The molecule has 1 aromatic heterocycles. The van der Waals surface area contributed by atoms with Crippen LogP contribution in [0.2, 0.25) is 0 Å². The lowest BCUT2D eigenvalue weighted by Gasteiger charge is -2.19. The molecule has 6 nitrogen and oxygen atoms in total. The van der Waals surface area contributed by atoms with Gasteiger partial charge >= 0.3 is 12.1 Å². The minimum absolute atomic E-state index is 0.335. The van der Waals surface area contributed by atoms with Crippen molar-refractivity contribution in [2.45, 2.75) is 47.1 Å². The van der Waals surface area contributed by atoms with E-state index in [-0.39, 0.29) is 5.97 Å². The Morgan fingerprint density at radius 1 is 1.26 bits per heavy atom. The fourth-order valence-corrected chi connectivity index (χ4v) is 2.06. The van der Waals surface area contributed by atoms with Crippen LogP contribution in [0.25, 0.3) is 6.08 Å². The molecular weight excluding hydrogens is 296 g/mol. The van der Waals surface area contributed by atoms with E-state index in [4.69, 9.17) is 9.47 Å². The van der Waals surface area contributed by atoms with Crippen molar-refractivity contribution < 1.29 is 19.1 Å². The maximum Gasteiger partial charge on any atom is 0.407 e. The number of ether oxygens (including phenoxy) is 2. The lowest BCUT2D eigenvalue weighted by molar-refractivity contribution is 0.0514. The molecule has 23 heavy (non-hydrogen) atoms. The number of carbonyl (C=O) groups excluding carboxylic acids is 2. The molecule has 0 saturated carbocycles. The van der Waals surface area contributed by atoms with Gasteiger partial charge in [0, 0.05) is 12.2 Å². The third-order valence-corrected chi connectivity index (χ3v) is 3.02. The Kier molecular flexibility index (Phi) is 6.42. The average molecular weight is 322 g/mol. The highest BCUT2D eigenvalue weighted by atomic mass is 16.6. The normalized spacial score (nSPS) is 11.6. The molecule has 0 aliphatic carbocycles. The number of amides is 1. The van der Waals surface area contributed by atoms with Crippen LogP contribution in [0.4, 0.5) is 4.79 Å². The van der Waals surface area contributed by atoms with Gasteiger partial charge in [0.15, 0.2) is 0 Å². The van der Waals surface area contributed by atoms with Gasteiger partial charge in [-0.25, -0.2) is 9.59 Å². The van der Waals surface area contributed by atoms with Gasteiger partial charge in [0.1, 0.15) is 11.3 Å². The third kappa shape index (κ3) is 5.81. The molecule has 1 heterocycles. The summed E-state index contributed by atoms with van der Waals surface area (Å²) in [5.74, 6) is -0.361. The summed E-state index contributed by atoms with van der Waals surface area (Å²) >= 11 is 0. The highest BCUT2D eigenvalue weighted by Gasteiger charge is 2.17. The van der Waals surface area contributed by atoms with Gasteiger partial charge in [0.2, 0.25) is 0 Å². The number of aromatic nitrogens is 1. The lowest BCUT2D eigenvalue weighted by atomic mass is 10.1. The van der Waals surface area contributed by atoms with Crippen LogP contribution in [0.5, 0.6) is 0 Å². The monoisotopic (exact) mass is 322 g/mol. The van der Waals surface area contributed by atoms with Crippen LogP contribution in [-0.2, 0) is 9.47 Å². The van der Waals surface area contributed by atoms with Crippen LogP contribution >= 0.6 is 0 Å². The first-order valence-corrected chi connectivity index (χ1v) is 7.65. The van der Waals surface area contributed by atoms with Gasteiger partial charge in [-0.05, 0) is 52.7 Å². The summed E-state index contributed by atoms with van der Waals surface area (Å²) in [6, 6.07) is 0. The topological polar surface area (TPSA) is 80.4 Å². The first kappa shape index (κ1) is 18.8. The van der Waals surface area contributed by atoms with Gasteiger partial charge in [-0.1, -0.05) is 12.2 Å². The second-order valence-corrected chi connectivity index (χ2v) is 6.17. The molecule has 1 aromatic rings. The number of hydrogen-bond acceptors (Lipinski definition) is 4. The molecule has 6 heteroatoms. The van der Waals surface area contributed by atoms with Crippen LogP contribution < -0.4 is 5.32 Å². The van der Waals surface area contributed by atoms with E-state index >= 15 is 0 Å². The van der Waals surface area contributed by atoms with Crippen molar-refractivity contribution in [1.82, 2.24) is 10.3 Å². The Labute approximate surface area is 137 Å². The van der Waals surface area contributed by atoms with Gasteiger partial charge in [-0.3, -0.25) is 0 Å². The van der Waals surface area contributed by atoms with Gasteiger partial charge < -0.3 is 19.8 Å². The molecule has 0 aliphatic rings. The Morgan fingerprint density at radius 3 is 2.48 bits per heavy atom. The van der Waals surface area contributed by atoms with Crippen molar-refractivity contribution in [2.75, 3.05) is 13.2 Å². The minimum Gasteiger partial charge on any atom is -0.461 e. The molecule has 0 bridgehead atoms. The zero-order valence-electron chi connectivity index (χ0n) is 14.7. The molecule has 2 N–H and O–H groups in total. The number of nitrogens with one attached hydrogen (secondary N) is 2. The van der Waals surface area contributed by atoms with Crippen LogP contribution in [0.1, 0.15) is 55.0 Å². The summed E-state index contributed by atoms with van der Waals surface area (Å²) in [5, 5.41) is 2.65.